The van der Waals surface area contributed by atoms with Gasteiger partial charge in [0.25, 0.3) is 11.6 Å². The van der Waals surface area contributed by atoms with Gasteiger partial charge < -0.3 is 4.42 Å². The van der Waals surface area contributed by atoms with Crippen molar-refractivity contribution in [2.45, 2.75) is 40.0 Å². The van der Waals surface area contributed by atoms with Gasteiger partial charge in [-0.1, -0.05) is 32.9 Å². The molecule has 1 N–H and O–H groups in total. The van der Waals surface area contributed by atoms with Crippen molar-refractivity contribution in [3.05, 3.63) is 57.2 Å². The second kappa shape index (κ2) is 7.69. The molecular formula is C24H24N4O4S. The molecule has 3 aliphatic rings. The van der Waals surface area contributed by atoms with Crippen LogP contribution in [0.25, 0.3) is 17.4 Å². The largest absolute Gasteiger partial charge is 0.456 e. The lowest BCUT2D eigenvalue weighted by atomic mass is 9.70. The Hall–Kier alpha value is -3.20. The van der Waals surface area contributed by atoms with Crippen LogP contribution < -0.4 is 5.32 Å². The number of para-hydroxylation sites is 1. The zero-order valence-electron chi connectivity index (χ0n) is 18.6. The fourth-order valence-electron chi connectivity index (χ4n) is 5.21. The summed E-state index contributed by atoms with van der Waals surface area (Å²) in [5.41, 5.74) is 1.73. The minimum atomic E-state index is -0.446. The average Bonchev–Trinajstić information content (AvgIpc) is 3.48. The molecule has 1 aliphatic heterocycles. The van der Waals surface area contributed by atoms with E-state index in [1.165, 1.54) is 24.2 Å². The fraction of sp³-hybridized carbons (Fsp3) is 0.375. The van der Waals surface area contributed by atoms with Gasteiger partial charge in [0.2, 0.25) is 0 Å². The standard InChI is InChI=1S/C24H24N4O4S/c1-23(2)14-10-11-24(23,3)20(12-14)26-27-22-25-21(29)19(33-22)13-15-8-9-18(32-15)16-6-4-5-7-17(16)28(30)31/h4-9,13-14H,10-12H2,1-3H3,(H,25,27,29). The van der Waals surface area contributed by atoms with E-state index in [-0.39, 0.29) is 22.4 Å². The molecule has 170 valence electrons. The molecular weight excluding hydrogens is 440 g/mol. The van der Waals surface area contributed by atoms with Crippen molar-refractivity contribution in [2.75, 3.05) is 0 Å². The first kappa shape index (κ1) is 21.6. The number of nitrogens with zero attached hydrogens (tertiary/aromatic N) is 3. The van der Waals surface area contributed by atoms with Gasteiger partial charge in [0.1, 0.15) is 11.5 Å². The Morgan fingerprint density at radius 3 is 2.70 bits per heavy atom. The van der Waals surface area contributed by atoms with Crippen molar-refractivity contribution in [2.24, 2.45) is 27.0 Å². The lowest BCUT2D eigenvalue weighted by Gasteiger charge is -2.34. The van der Waals surface area contributed by atoms with E-state index in [2.05, 4.69) is 36.3 Å². The number of fused-ring (bicyclic) bond motifs is 2. The Kier molecular flexibility index (Phi) is 5.04. The minimum absolute atomic E-state index is 0.0370. The van der Waals surface area contributed by atoms with Crippen LogP contribution in [0.5, 0.6) is 0 Å². The van der Waals surface area contributed by atoms with E-state index < -0.39 is 4.92 Å². The first-order valence-electron chi connectivity index (χ1n) is 10.9. The van der Waals surface area contributed by atoms with E-state index in [9.17, 15) is 14.9 Å². The van der Waals surface area contributed by atoms with Crippen LogP contribution in [0.1, 0.15) is 45.8 Å². The number of nitro groups is 1. The first-order valence-corrected chi connectivity index (χ1v) is 11.7. The Bertz CT molecular complexity index is 1260. The van der Waals surface area contributed by atoms with Crippen LogP contribution in [-0.4, -0.2) is 21.7 Å². The second-order valence-corrected chi connectivity index (χ2v) is 10.5. The van der Waals surface area contributed by atoms with Crippen LogP contribution in [0.4, 0.5) is 5.69 Å². The number of carbonyl (C=O) groups is 1. The maximum atomic E-state index is 12.4. The highest BCUT2D eigenvalue weighted by atomic mass is 32.2. The molecule has 0 radical (unpaired) electrons. The van der Waals surface area contributed by atoms with E-state index in [0.29, 0.717) is 33.1 Å². The van der Waals surface area contributed by atoms with E-state index in [4.69, 9.17) is 4.42 Å². The van der Waals surface area contributed by atoms with Crippen molar-refractivity contribution in [3.8, 4) is 11.3 Å². The van der Waals surface area contributed by atoms with E-state index in [1.807, 2.05) is 0 Å². The molecule has 1 aromatic carbocycles. The number of hydrogen-bond donors (Lipinski definition) is 1. The van der Waals surface area contributed by atoms with Gasteiger partial charge in [-0.25, -0.2) is 0 Å². The molecule has 2 aliphatic carbocycles. The van der Waals surface area contributed by atoms with Crippen molar-refractivity contribution < 1.29 is 14.1 Å². The monoisotopic (exact) mass is 464 g/mol. The molecule has 2 aromatic rings. The van der Waals surface area contributed by atoms with Gasteiger partial charge in [-0.15, -0.1) is 5.10 Å². The molecule has 5 rings (SSSR count). The third-order valence-electron chi connectivity index (χ3n) is 7.69. The summed E-state index contributed by atoms with van der Waals surface area (Å²) >= 11 is 1.20. The van der Waals surface area contributed by atoms with Gasteiger partial charge in [-0.2, -0.15) is 5.10 Å². The van der Waals surface area contributed by atoms with E-state index >= 15 is 0 Å². The van der Waals surface area contributed by atoms with Gasteiger partial charge in [0, 0.05) is 23.3 Å². The summed E-state index contributed by atoms with van der Waals surface area (Å²) in [6.07, 6.45) is 4.92. The predicted octanol–water partition coefficient (Wildman–Crippen LogP) is 5.62. The van der Waals surface area contributed by atoms with Gasteiger partial charge in [0.15, 0.2) is 5.17 Å². The maximum Gasteiger partial charge on any atom is 0.280 e. The zero-order chi connectivity index (χ0) is 23.4. The lowest BCUT2D eigenvalue weighted by molar-refractivity contribution is -0.384. The van der Waals surface area contributed by atoms with Crippen LogP contribution in [0.2, 0.25) is 0 Å². The number of hydrogen-bond acceptors (Lipinski definition) is 7. The fourth-order valence-corrected chi connectivity index (χ4v) is 5.96. The average molecular weight is 465 g/mol. The van der Waals surface area contributed by atoms with Crippen LogP contribution in [0.15, 0.2) is 55.9 Å². The predicted molar refractivity (Wildman–Crippen MR) is 129 cm³/mol. The van der Waals surface area contributed by atoms with Gasteiger partial charge >= 0.3 is 0 Å². The molecule has 1 aromatic heterocycles. The summed E-state index contributed by atoms with van der Waals surface area (Å²) in [5.74, 6) is 1.15. The third kappa shape index (κ3) is 3.51. The molecule has 2 unspecified atom stereocenters. The van der Waals surface area contributed by atoms with E-state index in [1.54, 1.807) is 36.4 Å². The number of amidine groups is 1. The van der Waals surface area contributed by atoms with Crippen LogP contribution >= 0.6 is 11.8 Å². The summed E-state index contributed by atoms with van der Waals surface area (Å²) < 4.78 is 5.78. The van der Waals surface area contributed by atoms with Gasteiger partial charge in [-0.3, -0.25) is 20.2 Å². The number of rotatable bonds is 4. The Morgan fingerprint density at radius 2 is 2.00 bits per heavy atom. The minimum Gasteiger partial charge on any atom is -0.456 e. The molecule has 8 nitrogen and oxygen atoms in total. The van der Waals surface area contributed by atoms with Crippen LogP contribution in [-0.2, 0) is 4.79 Å². The van der Waals surface area contributed by atoms with Gasteiger partial charge in [0.05, 0.1) is 15.4 Å². The smallest absolute Gasteiger partial charge is 0.280 e. The summed E-state index contributed by atoms with van der Waals surface area (Å²) in [6.45, 7) is 6.90. The molecule has 2 atom stereocenters. The van der Waals surface area contributed by atoms with Crippen molar-refractivity contribution in [1.29, 1.82) is 0 Å². The topological polar surface area (TPSA) is 110 Å². The second-order valence-electron chi connectivity index (χ2n) is 9.49. The van der Waals surface area contributed by atoms with Crippen molar-refractivity contribution in [3.63, 3.8) is 0 Å². The Labute approximate surface area is 195 Å². The maximum absolute atomic E-state index is 12.4. The Morgan fingerprint density at radius 1 is 1.21 bits per heavy atom. The van der Waals surface area contributed by atoms with Crippen LogP contribution in [0.3, 0.4) is 0 Å². The molecule has 3 fully saturated rings. The molecule has 2 heterocycles. The summed E-state index contributed by atoms with van der Waals surface area (Å²) in [7, 11) is 0. The molecule has 2 bridgehead atoms. The summed E-state index contributed by atoms with van der Waals surface area (Å²) in [6, 6.07) is 9.72. The number of amides is 1. The lowest BCUT2D eigenvalue weighted by Crippen LogP contribution is -2.32. The quantitative estimate of drug-likeness (QED) is 0.359. The number of carbonyl (C=O) groups excluding carboxylic acids is 1. The molecule has 0 spiro atoms. The summed E-state index contributed by atoms with van der Waals surface area (Å²) in [4.78, 5) is 23.7. The Balaban J connectivity index is 1.35. The number of nitro benzene ring substituents is 1. The number of furan rings is 1. The van der Waals surface area contributed by atoms with Gasteiger partial charge in [-0.05, 0) is 60.6 Å². The highest BCUT2D eigenvalue weighted by molar-refractivity contribution is 8.18. The number of thioether (sulfide) groups is 1. The molecule has 1 amide bonds. The molecule has 2 saturated carbocycles. The zero-order valence-corrected chi connectivity index (χ0v) is 19.4. The number of benzene rings is 1. The molecule has 1 saturated heterocycles. The SMILES string of the molecule is CC12CCC(CC1=N/N=C1\NC(=O)C(=Cc3ccc(-c4ccccc4[N+](=O)[O-])o3)S1)C2(C)C. The first-order chi connectivity index (χ1) is 15.7. The molecule has 9 heteroatoms. The summed E-state index contributed by atoms with van der Waals surface area (Å²) in [5, 5.41) is 23.4. The van der Waals surface area contributed by atoms with Crippen LogP contribution in [0, 0.1) is 26.9 Å². The molecule has 33 heavy (non-hydrogen) atoms. The van der Waals surface area contributed by atoms with Crippen molar-refractivity contribution >= 4 is 40.3 Å². The van der Waals surface area contributed by atoms with Crippen molar-refractivity contribution in [1.82, 2.24) is 5.32 Å². The normalized spacial score (nSPS) is 29.4. The number of nitrogens with one attached hydrogen (secondary N) is 1. The third-order valence-corrected chi connectivity index (χ3v) is 8.59. The van der Waals surface area contributed by atoms with E-state index in [0.717, 1.165) is 18.6 Å². The highest BCUT2D eigenvalue weighted by Gasteiger charge is 2.60. The highest BCUT2D eigenvalue weighted by Crippen LogP contribution is 2.64.